The largest absolute Gasteiger partial charge is 0.481 e. The Bertz CT molecular complexity index is 625. The van der Waals surface area contributed by atoms with E-state index in [1.54, 1.807) is 6.92 Å². The monoisotopic (exact) mass is 384 g/mol. The second kappa shape index (κ2) is 8.92. The molecule has 1 amide bonds. The van der Waals surface area contributed by atoms with Crippen molar-refractivity contribution in [2.24, 2.45) is 23.0 Å². The van der Waals surface area contributed by atoms with E-state index in [-0.39, 0.29) is 24.7 Å². The molecule has 0 aromatic heterocycles. The van der Waals surface area contributed by atoms with Crippen molar-refractivity contribution in [3.63, 3.8) is 0 Å². The number of hydrogen-bond acceptors (Lipinski definition) is 4. The number of nitrogens with two attached hydrogens (primary N) is 1. The summed E-state index contributed by atoms with van der Waals surface area (Å²) in [4.78, 5) is 22.5. The number of hydrogen-bond donors (Lipinski definition) is 3. The molecular weight excluding hydrogens is 353 g/mol. The van der Waals surface area contributed by atoms with Gasteiger partial charge in [0, 0.05) is 12.8 Å². The molecule has 0 aliphatic heterocycles. The zero-order valence-electron chi connectivity index (χ0n) is 16.0. The van der Waals surface area contributed by atoms with Crippen LogP contribution in [0.2, 0.25) is 0 Å². The van der Waals surface area contributed by atoms with Gasteiger partial charge in [-0.2, -0.15) is 0 Å². The van der Waals surface area contributed by atoms with Crippen molar-refractivity contribution >= 4 is 20.3 Å². The molecule has 0 radical (unpaired) electrons. The van der Waals surface area contributed by atoms with Gasteiger partial charge in [0.05, 0.1) is 0 Å². The Hall–Kier alpha value is -1.52. The molecule has 0 saturated carbocycles. The topological polar surface area (TPSA) is 118 Å². The van der Waals surface area contributed by atoms with Crippen LogP contribution in [0.1, 0.15) is 59.8 Å². The average Bonchev–Trinajstić information content (AvgIpc) is 2.78. The Kier molecular flexibility index (Phi) is 7.72. The molecule has 0 aromatic rings. The number of carboxylic acids is 1. The lowest BCUT2D eigenvalue weighted by Crippen LogP contribution is -2.38. The van der Waals surface area contributed by atoms with Gasteiger partial charge in [-0.3, -0.25) is 9.59 Å². The third-order valence-corrected chi connectivity index (χ3v) is 6.65. The third kappa shape index (κ3) is 5.49. The van der Waals surface area contributed by atoms with E-state index < -0.39 is 31.6 Å². The SMILES string of the molecule is CC(=CCC1CC=C(C)C1(C)C)CC(O)([PH+]=O)C(CCC(N)=O)C(=O)O. The molecule has 1 rings (SSSR count). The molecule has 0 fully saturated rings. The fourth-order valence-corrected chi connectivity index (χ4v) is 4.27. The fraction of sp³-hybridized carbons (Fsp3) is 0.684. The lowest BCUT2D eigenvalue weighted by atomic mass is 9.76. The summed E-state index contributed by atoms with van der Waals surface area (Å²) in [5.41, 5.74) is 7.34. The van der Waals surface area contributed by atoms with Crippen LogP contribution in [-0.2, 0) is 14.2 Å². The molecule has 1 aliphatic carbocycles. The van der Waals surface area contributed by atoms with Gasteiger partial charge in [-0.05, 0) is 44.4 Å². The maximum Gasteiger partial charge on any atom is 0.360 e. The Balaban J connectivity index is 2.84. The summed E-state index contributed by atoms with van der Waals surface area (Å²) < 4.78 is 11.6. The highest BCUT2D eigenvalue weighted by Crippen LogP contribution is 2.45. The van der Waals surface area contributed by atoms with Gasteiger partial charge in [0.2, 0.25) is 5.91 Å². The van der Waals surface area contributed by atoms with Gasteiger partial charge in [-0.15, -0.1) is 0 Å². The van der Waals surface area contributed by atoms with Gasteiger partial charge < -0.3 is 15.9 Å². The summed E-state index contributed by atoms with van der Waals surface area (Å²) >= 11 is 0. The van der Waals surface area contributed by atoms with Crippen LogP contribution < -0.4 is 5.73 Å². The standard InChI is InChI=1S/C19H30NO5P/c1-12(5-7-14-8-6-13(2)18(14,3)4)11-19(24,26-25)15(17(22)23)9-10-16(20)21/h5-6,14-15,24H,7-11H2,1-4H3,(H2,20,21)(H,22,23)/p+1. The minimum Gasteiger partial charge on any atom is -0.481 e. The van der Waals surface area contributed by atoms with Crippen molar-refractivity contribution in [3.05, 3.63) is 23.3 Å². The second-order valence-electron chi connectivity index (χ2n) is 7.93. The van der Waals surface area contributed by atoms with E-state index in [0.29, 0.717) is 5.92 Å². The third-order valence-electron chi connectivity index (χ3n) is 5.78. The Morgan fingerprint density at radius 3 is 2.54 bits per heavy atom. The van der Waals surface area contributed by atoms with E-state index in [9.17, 15) is 24.4 Å². The number of allylic oxidation sites excluding steroid dienone is 3. The van der Waals surface area contributed by atoms with Crippen molar-refractivity contribution in [1.82, 2.24) is 0 Å². The normalized spacial score (nSPS) is 23.3. The van der Waals surface area contributed by atoms with E-state index >= 15 is 0 Å². The number of carboxylic acid groups (broad SMARTS) is 1. The number of aliphatic carboxylic acids is 1. The molecule has 0 heterocycles. The zero-order chi connectivity index (χ0) is 20.1. The van der Waals surface area contributed by atoms with E-state index in [1.165, 1.54) is 5.57 Å². The molecule has 4 N–H and O–H groups in total. The predicted molar refractivity (Wildman–Crippen MR) is 102 cm³/mol. The number of primary amides is 1. The number of aliphatic hydroxyl groups is 1. The van der Waals surface area contributed by atoms with Crippen LogP contribution in [0.4, 0.5) is 0 Å². The quantitative estimate of drug-likeness (QED) is 0.394. The fourth-order valence-electron chi connectivity index (χ4n) is 3.51. The van der Waals surface area contributed by atoms with E-state index in [4.69, 9.17) is 5.73 Å². The number of carbonyl (C=O) groups excluding carboxylic acids is 1. The highest BCUT2D eigenvalue weighted by Gasteiger charge is 2.49. The first kappa shape index (κ1) is 22.5. The predicted octanol–water partition coefficient (Wildman–Crippen LogP) is 3.38. The molecule has 0 saturated heterocycles. The first-order valence-corrected chi connectivity index (χ1v) is 9.80. The van der Waals surface area contributed by atoms with Crippen molar-refractivity contribution in [1.29, 1.82) is 0 Å². The molecule has 0 aromatic carbocycles. The Labute approximate surface area is 156 Å². The highest BCUT2D eigenvalue weighted by molar-refractivity contribution is 7.25. The minimum atomic E-state index is -1.90. The summed E-state index contributed by atoms with van der Waals surface area (Å²) in [6.45, 7) is 8.35. The van der Waals surface area contributed by atoms with Crippen LogP contribution >= 0.6 is 8.46 Å². The summed E-state index contributed by atoms with van der Waals surface area (Å²) in [5, 5.41) is 18.2. The van der Waals surface area contributed by atoms with Crippen LogP contribution in [0.15, 0.2) is 23.3 Å². The van der Waals surface area contributed by atoms with Gasteiger partial charge in [0.1, 0.15) is 5.92 Å². The van der Waals surface area contributed by atoms with Gasteiger partial charge in [0.25, 0.3) is 5.34 Å². The molecule has 4 atom stereocenters. The van der Waals surface area contributed by atoms with Gasteiger partial charge in [0.15, 0.2) is 0 Å². The van der Waals surface area contributed by atoms with E-state index in [0.717, 1.165) is 18.4 Å². The van der Waals surface area contributed by atoms with Gasteiger partial charge >= 0.3 is 14.4 Å². The van der Waals surface area contributed by atoms with Crippen LogP contribution in [0.25, 0.3) is 0 Å². The Morgan fingerprint density at radius 1 is 1.50 bits per heavy atom. The van der Waals surface area contributed by atoms with Crippen molar-refractivity contribution in [2.45, 2.75) is 65.1 Å². The average molecular weight is 384 g/mol. The van der Waals surface area contributed by atoms with E-state index in [1.807, 2.05) is 6.08 Å². The molecule has 1 aliphatic rings. The Morgan fingerprint density at radius 2 is 2.12 bits per heavy atom. The zero-order valence-corrected chi connectivity index (χ0v) is 17.0. The van der Waals surface area contributed by atoms with Crippen LogP contribution in [0.3, 0.4) is 0 Å². The molecular formula is C19H31NO5P+. The maximum atomic E-state index is 11.6. The molecule has 7 heteroatoms. The first-order valence-electron chi connectivity index (χ1n) is 8.89. The lowest BCUT2D eigenvalue weighted by Gasteiger charge is -2.29. The maximum absolute atomic E-state index is 11.6. The number of amides is 1. The van der Waals surface area contributed by atoms with E-state index in [2.05, 4.69) is 26.8 Å². The van der Waals surface area contributed by atoms with Crippen LogP contribution in [0, 0.1) is 17.3 Å². The summed E-state index contributed by atoms with van der Waals surface area (Å²) in [7, 11) is -1.21. The van der Waals surface area contributed by atoms with Crippen molar-refractivity contribution in [2.75, 3.05) is 0 Å². The van der Waals surface area contributed by atoms with Crippen molar-refractivity contribution in [3.8, 4) is 0 Å². The molecule has 26 heavy (non-hydrogen) atoms. The number of rotatable bonds is 10. The lowest BCUT2D eigenvalue weighted by molar-refractivity contribution is -0.147. The minimum absolute atomic E-state index is 0.00969. The van der Waals surface area contributed by atoms with Crippen LogP contribution in [0.5, 0.6) is 0 Å². The first-order chi connectivity index (χ1) is 11.9. The van der Waals surface area contributed by atoms with Gasteiger partial charge in [-0.1, -0.05) is 41.7 Å². The highest BCUT2D eigenvalue weighted by atomic mass is 31.1. The second-order valence-corrected chi connectivity index (χ2v) is 9.00. The molecule has 0 spiro atoms. The molecule has 146 valence electrons. The van der Waals surface area contributed by atoms with Crippen molar-refractivity contribution < 1.29 is 24.4 Å². The summed E-state index contributed by atoms with van der Waals surface area (Å²) in [5.74, 6) is -2.78. The number of carbonyl (C=O) groups is 2. The summed E-state index contributed by atoms with van der Waals surface area (Å²) in [6.07, 6.45) is 5.72. The molecule has 4 unspecified atom stereocenters. The van der Waals surface area contributed by atoms with Crippen LogP contribution in [-0.4, -0.2) is 27.4 Å². The molecule has 6 nitrogen and oxygen atoms in total. The molecule has 0 bridgehead atoms. The van der Waals surface area contributed by atoms with Gasteiger partial charge in [-0.25, -0.2) is 0 Å². The smallest absolute Gasteiger partial charge is 0.360 e. The summed E-state index contributed by atoms with van der Waals surface area (Å²) in [6, 6.07) is 0.